The lowest BCUT2D eigenvalue weighted by molar-refractivity contribution is 0.0747. The van der Waals surface area contributed by atoms with Crippen LogP contribution < -0.4 is 0 Å². The first-order chi connectivity index (χ1) is 9.61. The standard InChI is InChI=1S/C15H14Cl2N2O/c1-2-19(10-11-6-3-4-7-12(11)16)15(20)13-8-5-9-14(17)18-13/h3-9H,2,10H2,1H3. The topological polar surface area (TPSA) is 33.2 Å². The summed E-state index contributed by atoms with van der Waals surface area (Å²) < 4.78 is 0. The maximum absolute atomic E-state index is 12.4. The van der Waals surface area contributed by atoms with Crippen LogP contribution in [-0.4, -0.2) is 22.3 Å². The number of hydrogen-bond donors (Lipinski definition) is 0. The van der Waals surface area contributed by atoms with E-state index in [1.54, 1.807) is 23.1 Å². The SMILES string of the molecule is CCN(Cc1ccccc1Cl)C(=O)c1cccc(Cl)n1. The van der Waals surface area contributed by atoms with Gasteiger partial charge in [0.05, 0.1) is 0 Å². The van der Waals surface area contributed by atoms with Gasteiger partial charge in [-0.2, -0.15) is 0 Å². The highest BCUT2D eigenvalue weighted by Crippen LogP contribution is 2.18. The normalized spacial score (nSPS) is 10.3. The molecule has 1 amide bonds. The highest BCUT2D eigenvalue weighted by Gasteiger charge is 2.17. The fourth-order valence-corrected chi connectivity index (χ4v) is 2.21. The molecule has 5 heteroatoms. The first-order valence-corrected chi connectivity index (χ1v) is 7.02. The highest BCUT2D eigenvalue weighted by molar-refractivity contribution is 6.31. The van der Waals surface area contributed by atoms with Crippen LogP contribution in [0.2, 0.25) is 10.2 Å². The summed E-state index contributed by atoms with van der Waals surface area (Å²) >= 11 is 11.9. The van der Waals surface area contributed by atoms with Crippen LogP contribution in [0.5, 0.6) is 0 Å². The molecule has 2 rings (SSSR count). The molecule has 104 valence electrons. The van der Waals surface area contributed by atoms with Gasteiger partial charge in [0.15, 0.2) is 0 Å². The van der Waals surface area contributed by atoms with E-state index in [4.69, 9.17) is 23.2 Å². The molecule has 20 heavy (non-hydrogen) atoms. The minimum absolute atomic E-state index is 0.157. The van der Waals surface area contributed by atoms with Crippen molar-refractivity contribution in [1.82, 2.24) is 9.88 Å². The van der Waals surface area contributed by atoms with E-state index in [0.717, 1.165) is 5.56 Å². The summed E-state index contributed by atoms with van der Waals surface area (Å²) in [4.78, 5) is 18.1. The lowest BCUT2D eigenvalue weighted by atomic mass is 10.2. The zero-order valence-corrected chi connectivity index (χ0v) is 12.5. The van der Waals surface area contributed by atoms with Crippen LogP contribution in [0.4, 0.5) is 0 Å². The first kappa shape index (κ1) is 14.8. The van der Waals surface area contributed by atoms with E-state index < -0.39 is 0 Å². The number of carbonyl (C=O) groups excluding carboxylic acids is 1. The molecule has 0 saturated carbocycles. The molecule has 1 heterocycles. The minimum Gasteiger partial charge on any atom is -0.333 e. The second kappa shape index (κ2) is 6.73. The Bertz CT molecular complexity index is 616. The van der Waals surface area contributed by atoms with Gasteiger partial charge in [-0.25, -0.2) is 4.98 Å². The summed E-state index contributed by atoms with van der Waals surface area (Å²) in [7, 11) is 0. The maximum Gasteiger partial charge on any atom is 0.272 e. The molecule has 0 aliphatic heterocycles. The van der Waals surface area contributed by atoms with Gasteiger partial charge in [0.2, 0.25) is 0 Å². The van der Waals surface area contributed by atoms with Crippen molar-refractivity contribution in [2.24, 2.45) is 0 Å². The number of halogens is 2. The third-order valence-corrected chi connectivity index (χ3v) is 3.50. The molecule has 0 aliphatic rings. The van der Waals surface area contributed by atoms with E-state index in [2.05, 4.69) is 4.98 Å². The Kier molecular flexibility index (Phi) is 4.99. The third kappa shape index (κ3) is 3.50. The van der Waals surface area contributed by atoms with Crippen LogP contribution in [0.3, 0.4) is 0 Å². The van der Waals surface area contributed by atoms with Crippen molar-refractivity contribution in [3.63, 3.8) is 0 Å². The molecule has 0 spiro atoms. The number of hydrogen-bond acceptors (Lipinski definition) is 2. The Balaban J connectivity index is 2.20. The second-order valence-electron chi connectivity index (χ2n) is 4.26. The van der Waals surface area contributed by atoms with Gasteiger partial charge >= 0.3 is 0 Å². The fraction of sp³-hybridized carbons (Fsp3) is 0.200. The van der Waals surface area contributed by atoms with Crippen molar-refractivity contribution in [1.29, 1.82) is 0 Å². The molecule has 0 atom stereocenters. The molecule has 3 nitrogen and oxygen atoms in total. The van der Waals surface area contributed by atoms with Gasteiger partial charge in [-0.05, 0) is 30.7 Å². The maximum atomic E-state index is 12.4. The van der Waals surface area contributed by atoms with Gasteiger partial charge in [0, 0.05) is 18.1 Å². The summed E-state index contributed by atoms with van der Waals surface area (Å²) in [5.41, 5.74) is 1.25. The predicted octanol–water partition coefficient (Wildman–Crippen LogP) is 4.05. The Hall–Kier alpha value is -1.58. The largest absolute Gasteiger partial charge is 0.333 e. The number of benzene rings is 1. The van der Waals surface area contributed by atoms with Crippen LogP contribution in [0.1, 0.15) is 23.0 Å². The average molecular weight is 309 g/mol. The number of carbonyl (C=O) groups is 1. The molecular weight excluding hydrogens is 295 g/mol. The van der Waals surface area contributed by atoms with Crippen molar-refractivity contribution in [3.05, 3.63) is 63.9 Å². The lowest BCUT2D eigenvalue weighted by Gasteiger charge is -2.21. The highest BCUT2D eigenvalue weighted by atomic mass is 35.5. The Labute approximate surface area is 128 Å². The number of nitrogens with zero attached hydrogens (tertiary/aromatic N) is 2. The number of amides is 1. The Morgan fingerprint density at radius 3 is 2.55 bits per heavy atom. The van der Waals surface area contributed by atoms with Gasteiger partial charge in [-0.15, -0.1) is 0 Å². The van der Waals surface area contributed by atoms with E-state index >= 15 is 0 Å². The van der Waals surface area contributed by atoms with Crippen LogP contribution in [0.25, 0.3) is 0 Å². The molecule has 0 aliphatic carbocycles. The zero-order chi connectivity index (χ0) is 14.5. The van der Waals surface area contributed by atoms with Gasteiger partial charge in [0.25, 0.3) is 5.91 Å². The molecular formula is C15H14Cl2N2O. The summed E-state index contributed by atoms with van der Waals surface area (Å²) in [6, 6.07) is 12.5. The van der Waals surface area contributed by atoms with Crippen molar-refractivity contribution in [2.45, 2.75) is 13.5 Å². The fourth-order valence-electron chi connectivity index (χ4n) is 1.85. The van der Waals surface area contributed by atoms with Gasteiger partial charge in [-0.1, -0.05) is 47.5 Å². The molecule has 0 bridgehead atoms. The summed E-state index contributed by atoms with van der Waals surface area (Å²) in [6.45, 7) is 2.93. The second-order valence-corrected chi connectivity index (χ2v) is 5.05. The molecule has 2 aromatic rings. The van der Waals surface area contributed by atoms with E-state index in [1.165, 1.54) is 0 Å². The first-order valence-electron chi connectivity index (χ1n) is 6.27. The monoisotopic (exact) mass is 308 g/mol. The van der Waals surface area contributed by atoms with Crippen molar-refractivity contribution < 1.29 is 4.79 Å². The number of pyridine rings is 1. The Morgan fingerprint density at radius 2 is 1.90 bits per heavy atom. The summed E-state index contributed by atoms with van der Waals surface area (Å²) in [6.07, 6.45) is 0. The van der Waals surface area contributed by atoms with Gasteiger partial charge in [0.1, 0.15) is 10.8 Å². The van der Waals surface area contributed by atoms with Gasteiger partial charge in [-0.3, -0.25) is 4.79 Å². The van der Waals surface area contributed by atoms with E-state index in [0.29, 0.717) is 29.0 Å². The van der Waals surface area contributed by atoms with E-state index in [1.807, 2.05) is 31.2 Å². The summed E-state index contributed by atoms with van der Waals surface area (Å²) in [5.74, 6) is -0.157. The third-order valence-electron chi connectivity index (χ3n) is 2.92. The minimum atomic E-state index is -0.157. The van der Waals surface area contributed by atoms with Crippen molar-refractivity contribution in [2.75, 3.05) is 6.54 Å². The average Bonchev–Trinajstić information content (AvgIpc) is 2.46. The number of rotatable bonds is 4. The van der Waals surface area contributed by atoms with Crippen LogP contribution in [0.15, 0.2) is 42.5 Å². The molecule has 0 fully saturated rings. The summed E-state index contributed by atoms with van der Waals surface area (Å²) in [5, 5.41) is 0.961. The lowest BCUT2D eigenvalue weighted by Crippen LogP contribution is -2.31. The van der Waals surface area contributed by atoms with Crippen LogP contribution in [-0.2, 0) is 6.54 Å². The van der Waals surface area contributed by atoms with Gasteiger partial charge < -0.3 is 4.90 Å². The Morgan fingerprint density at radius 1 is 1.15 bits per heavy atom. The quantitative estimate of drug-likeness (QED) is 0.798. The molecule has 1 aromatic carbocycles. The molecule has 0 unspecified atom stereocenters. The smallest absolute Gasteiger partial charge is 0.272 e. The van der Waals surface area contributed by atoms with E-state index in [-0.39, 0.29) is 5.91 Å². The van der Waals surface area contributed by atoms with Crippen molar-refractivity contribution >= 4 is 29.1 Å². The molecule has 0 N–H and O–H groups in total. The molecule has 0 radical (unpaired) electrons. The van der Waals surface area contributed by atoms with Crippen LogP contribution >= 0.6 is 23.2 Å². The molecule has 0 saturated heterocycles. The van der Waals surface area contributed by atoms with E-state index in [9.17, 15) is 4.79 Å². The zero-order valence-electron chi connectivity index (χ0n) is 11.0. The molecule has 1 aromatic heterocycles. The predicted molar refractivity (Wildman–Crippen MR) is 81.1 cm³/mol. The van der Waals surface area contributed by atoms with Crippen LogP contribution in [0, 0.1) is 0 Å². The number of aromatic nitrogens is 1. The van der Waals surface area contributed by atoms with Crippen molar-refractivity contribution in [3.8, 4) is 0 Å².